The third-order valence-electron chi connectivity index (χ3n) is 4.74. The number of thiazole rings is 1. The first-order valence-corrected chi connectivity index (χ1v) is 11.8. The number of hydrogen-bond acceptors (Lipinski definition) is 7. The van der Waals surface area contributed by atoms with Gasteiger partial charge in [-0.1, -0.05) is 55.9 Å². The third-order valence-corrected chi connectivity index (χ3v) is 6.69. The second-order valence-electron chi connectivity index (χ2n) is 7.72. The largest absolute Gasteiger partial charge is 0.332 e. The lowest BCUT2D eigenvalue weighted by Crippen LogP contribution is -2.39. The van der Waals surface area contributed by atoms with E-state index in [9.17, 15) is 9.59 Å². The molecule has 0 aliphatic rings. The summed E-state index contributed by atoms with van der Waals surface area (Å²) in [6.45, 7) is 6.32. The summed E-state index contributed by atoms with van der Waals surface area (Å²) in [4.78, 5) is 39.4. The molecule has 0 bridgehead atoms. The molecule has 9 heteroatoms. The van der Waals surface area contributed by atoms with E-state index in [0.717, 1.165) is 20.8 Å². The first-order valence-electron chi connectivity index (χ1n) is 9.96. The van der Waals surface area contributed by atoms with E-state index in [0.29, 0.717) is 34.2 Å². The smallest absolute Gasteiger partial charge is 0.277 e. The van der Waals surface area contributed by atoms with Crippen molar-refractivity contribution in [1.29, 1.82) is 0 Å². The van der Waals surface area contributed by atoms with Gasteiger partial charge >= 0.3 is 5.69 Å². The number of aryl methyl sites for hydroxylation is 1. The summed E-state index contributed by atoms with van der Waals surface area (Å²) >= 11 is 3.04. The highest BCUT2D eigenvalue weighted by Crippen LogP contribution is 2.29. The monoisotopic (exact) mass is 453 g/mol. The van der Waals surface area contributed by atoms with Gasteiger partial charge < -0.3 is 0 Å². The summed E-state index contributed by atoms with van der Waals surface area (Å²) < 4.78 is 2.72. The van der Waals surface area contributed by atoms with E-state index in [2.05, 4.69) is 9.97 Å². The molecule has 0 fully saturated rings. The van der Waals surface area contributed by atoms with Crippen molar-refractivity contribution in [2.24, 2.45) is 13.0 Å². The van der Waals surface area contributed by atoms with E-state index in [-0.39, 0.29) is 17.2 Å². The van der Waals surface area contributed by atoms with E-state index in [1.54, 1.807) is 22.8 Å². The Morgan fingerprint density at radius 1 is 1.10 bits per heavy atom. The summed E-state index contributed by atoms with van der Waals surface area (Å²) in [5.41, 5.74) is 1.68. The van der Waals surface area contributed by atoms with Crippen molar-refractivity contribution in [2.45, 2.75) is 38.1 Å². The van der Waals surface area contributed by atoms with Crippen LogP contribution in [0.1, 0.15) is 25.4 Å². The highest BCUT2D eigenvalue weighted by Gasteiger charge is 2.19. The first-order chi connectivity index (χ1) is 14.8. The maximum atomic E-state index is 13.0. The van der Waals surface area contributed by atoms with E-state index in [1.807, 2.05) is 49.6 Å². The quantitative estimate of drug-likeness (QED) is 0.326. The highest BCUT2D eigenvalue weighted by molar-refractivity contribution is 7.98. The molecule has 1 aromatic carbocycles. The molecule has 0 unspecified atom stereocenters. The third kappa shape index (κ3) is 4.33. The second-order valence-corrected chi connectivity index (χ2v) is 9.55. The second kappa shape index (κ2) is 8.76. The minimum atomic E-state index is -0.370. The molecule has 0 N–H and O–H groups in total. The van der Waals surface area contributed by atoms with Crippen molar-refractivity contribution in [2.75, 3.05) is 0 Å². The van der Waals surface area contributed by atoms with Crippen LogP contribution in [0.25, 0.3) is 21.6 Å². The Morgan fingerprint density at radius 3 is 2.55 bits per heavy atom. The average Bonchev–Trinajstić information content (AvgIpc) is 3.23. The van der Waals surface area contributed by atoms with Crippen LogP contribution in [0.15, 0.2) is 50.3 Å². The summed E-state index contributed by atoms with van der Waals surface area (Å²) in [5, 5.41) is 3.95. The predicted octanol–water partition coefficient (Wildman–Crippen LogP) is 3.87. The SMILES string of the molecule is Cc1nc(SCc2csc(-c3ccccc3)n2)c2c(=O)n(C)c(=O)n(CC(C)C)c2n1. The summed E-state index contributed by atoms with van der Waals surface area (Å²) in [6, 6.07) is 10.0. The van der Waals surface area contributed by atoms with Gasteiger partial charge in [-0.3, -0.25) is 13.9 Å². The average molecular weight is 454 g/mol. The molecule has 4 aromatic rings. The molecule has 7 nitrogen and oxygen atoms in total. The van der Waals surface area contributed by atoms with Crippen LogP contribution in [0.2, 0.25) is 0 Å². The van der Waals surface area contributed by atoms with E-state index in [4.69, 9.17) is 4.98 Å². The Morgan fingerprint density at radius 2 is 1.84 bits per heavy atom. The minimum Gasteiger partial charge on any atom is -0.277 e. The Hall–Kier alpha value is -2.78. The molecule has 0 amide bonds. The molecule has 3 aromatic heterocycles. The number of hydrogen-bond donors (Lipinski definition) is 0. The molecule has 0 aliphatic carbocycles. The van der Waals surface area contributed by atoms with Gasteiger partial charge in [-0.2, -0.15) is 0 Å². The van der Waals surface area contributed by atoms with Gasteiger partial charge in [-0.05, 0) is 12.8 Å². The van der Waals surface area contributed by atoms with Gasteiger partial charge in [0.15, 0.2) is 5.65 Å². The van der Waals surface area contributed by atoms with Gasteiger partial charge in [0, 0.05) is 30.3 Å². The lowest BCUT2D eigenvalue weighted by Gasteiger charge is -2.15. The molecule has 0 radical (unpaired) electrons. The molecule has 160 valence electrons. The standard InChI is InChI=1S/C22H23N5O2S2/c1-13(2)10-27-18-17(21(28)26(4)22(27)29)20(24-14(3)23-18)31-12-16-11-30-19(25-16)15-8-6-5-7-9-15/h5-9,11,13H,10,12H2,1-4H3. The van der Waals surface area contributed by atoms with Gasteiger partial charge in [-0.15, -0.1) is 11.3 Å². The highest BCUT2D eigenvalue weighted by atomic mass is 32.2. The van der Waals surface area contributed by atoms with Crippen LogP contribution in [0.5, 0.6) is 0 Å². The number of nitrogens with zero attached hydrogens (tertiary/aromatic N) is 5. The van der Waals surface area contributed by atoms with Crippen molar-refractivity contribution in [1.82, 2.24) is 24.1 Å². The molecule has 3 heterocycles. The Balaban J connectivity index is 1.73. The fraction of sp³-hybridized carbons (Fsp3) is 0.318. The van der Waals surface area contributed by atoms with Gasteiger partial charge in [0.1, 0.15) is 21.2 Å². The minimum absolute atomic E-state index is 0.233. The maximum Gasteiger partial charge on any atom is 0.332 e. The van der Waals surface area contributed by atoms with Crippen molar-refractivity contribution < 1.29 is 0 Å². The molecule has 31 heavy (non-hydrogen) atoms. The molecule has 4 rings (SSSR count). The zero-order valence-electron chi connectivity index (χ0n) is 17.8. The Kier molecular flexibility index (Phi) is 6.06. The number of thioether (sulfide) groups is 1. The van der Waals surface area contributed by atoms with Crippen LogP contribution >= 0.6 is 23.1 Å². The van der Waals surface area contributed by atoms with Gasteiger partial charge in [0.05, 0.1) is 5.69 Å². The fourth-order valence-corrected chi connectivity index (χ4v) is 5.19. The van der Waals surface area contributed by atoms with E-state index in [1.165, 1.54) is 18.8 Å². The maximum absolute atomic E-state index is 13.0. The number of benzene rings is 1. The molecule has 0 atom stereocenters. The molecule has 0 saturated heterocycles. The summed E-state index contributed by atoms with van der Waals surface area (Å²) in [7, 11) is 1.50. The van der Waals surface area contributed by atoms with Crippen molar-refractivity contribution in [3.05, 3.63) is 68.1 Å². The van der Waals surface area contributed by atoms with Crippen LogP contribution in [-0.2, 0) is 19.3 Å². The van der Waals surface area contributed by atoms with Gasteiger partial charge in [0.25, 0.3) is 5.56 Å². The number of aromatic nitrogens is 5. The fourth-order valence-electron chi connectivity index (χ4n) is 3.30. The molecule has 0 aliphatic heterocycles. The number of rotatable bonds is 6. The molecule has 0 saturated carbocycles. The predicted molar refractivity (Wildman–Crippen MR) is 126 cm³/mol. The van der Waals surface area contributed by atoms with Crippen LogP contribution in [0, 0.1) is 12.8 Å². The first kappa shape index (κ1) is 21.5. The van der Waals surface area contributed by atoms with Crippen LogP contribution in [-0.4, -0.2) is 24.1 Å². The zero-order valence-corrected chi connectivity index (χ0v) is 19.5. The molecule has 0 spiro atoms. The molecular formula is C22H23N5O2S2. The number of fused-ring (bicyclic) bond motifs is 1. The summed E-state index contributed by atoms with van der Waals surface area (Å²) in [5.74, 6) is 1.33. The lowest BCUT2D eigenvalue weighted by molar-refractivity contribution is 0.498. The van der Waals surface area contributed by atoms with Crippen molar-refractivity contribution in [3.8, 4) is 10.6 Å². The Labute approximate surface area is 187 Å². The topological polar surface area (TPSA) is 82.7 Å². The van der Waals surface area contributed by atoms with Crippen LogP contribution < -0.4 is 11.2 Å². The zero-order chi connectivity index (χ0) is 22.1. The normalized spacial score (nSPS) is 11.5. The van der Waals surface area contributed by atoms with Crippen LogP contribution in [0.3, 0.4) is 0 Å². The van der Waals surface area contributed by atoms with Crippen molar-refractivity contribution in [3.63, 3.8) is 0 Å². The van der Waals surface area contributed by atoms with E-state index >= 15 is 0 Å². The lowest BCUT2D eigenvalue weighted by atomic mass is 10.2. The van der Waals surface area contributed by atoms with Gasteiger partial charge in [0.2, 0.25) is 0 Å². The molecular weight excluding hydrogens is 430 g/mol. The van der Waals surface area contributed by atoms with Gasteiger partial charge in [-0.25, -0.2) is 19.7 Å². The van der Waals surface area contributed by atoms with E-state index < -0.39 is 0 Å². The van der Waals surface area contributed by atoms with Crippen molar-refractivity contribution >= 4 is 34.1 Å². The Bertz CT molecular complexity index is 1360. The summed E-state index contributed by atoms with van der Waals surface area (Å²) in [6.07, 6.45) is 0. The van der Waals surface area contributed by atoms with Crippen LogP contribution in [0.4, 0.5) is 0 Å².